The predicted octanol–water partition coefficient (Wildman–Crippen LogP) is 4.99. The Bertz CT molecular complexity index is 941. The van der Waals surface area contributed by atoms with E-state index in [1.165, 1.54) is 27.2 Å². The van der Waals surface area contributed by atoms with E-state index in [0.717, 1.165) is 5.56 Å². The molecule has 1 amide bonds. The molecular formula is C25H25NO3. The van der Waals surface area contributed by atoms with Crippen LogP contribution in [0.4, 0.5) is 4.79 Å². The normalized spacial score (nSPS) is 13.4. The quantitative estimate of drug-likeness (QED) is 0.648. The Morgan fingerprint density at radius 3 is 2.10 bits per heavy atom. The zero-order chi connectivity index (χ0) is 20.2. The second-order valence-electron chi connectivity index (χ2n) is 7.44. The Kier molecular flexibility index (Phi) is 5.63. The van der Waals surface area contributed by atoms with Gasteiger partial charge in [0.15, 0.2) is 0 Å². The van der Waals surface area contributed by atoms with E-state index >= 15 is 0 Å². The summed E-state index contributed by atoms with van der Waals surface area (Å²) >= 11 is 0. The van der Waals surface area contributed by atoms with Gasteiger partial charge in [0.05, 0.1) is 6.10 Å². The number of nitrogens with zero attached hydrogens (tertiary/aromatic N) is 1. The lowest BCUT2D eigenvalue weighted by Crippen LogP contribution is -2.30. The highest BCUT2D eigenvalue weighted by atomic mass is 16.6. The number of rotatable bonds is 6. The molecule has 4 rings (SSSR count). The Balaban J connectivity index is 1.36. The Hall–Kier alpha value is -3.11. The lowest BCUT2D eigenvalue weighted by molar-refractivity contribution is 0.0981. The average molecular weight is 387 g/mol. The van der Waals surface area contributed by atoms with E-state index in [9.17, 15) is 9.90 Å². The number of aliphatic hydroxyl groups is 1. The molecule has 0 heterocycles. The molecule has 0 saturated carbocycles. The maximum absolute atomic E-state index is 12.5. The second-order valence-corrected chi connectivity index (χ2v) is 7.44. The summed E-state index contributed by atoms with van der Waals surface area (Å²) in [6.07, 6.45) is -0.503. The summed E-state index contributed by atoms with van der Waals surface area (Å²) in [7, 11) is 1.70. The van der Waals surface area contributed by atoms with Crippen LogP contribution in [-0.2, 0) is 4.74 Å². The van der Waals surface area contributed by atoms with Crippen LogP contribution in [0.2, 0.25) is 0 Å². The standard InChI is InChI=1S/C25H25NO3/c1-26(16-15-24(27)18-9-3-2-4-10-18)25(28)29-17-23-21-13-7-5-11-19(21)20-12-6-8-14-22(20)23/h2-14,23-24,27H,15-17H2,1H3. The van der Waals surface area contributed by atoms with Crippen LogP contribution >= 0.6 is 0 Å². The summed E-state index contributed by atoms with van der Waals surface area (Å²) in [4.78, 5) is 14.0. The lowest BCUT2D eigenvalue weighted by Gasteiger charge is -2.21. The fourth-order valence-corrected chi connectivity index (χ4v) is 3.95. The van der Waals surface area contributed by atoms with Gasteiger partial charge in [-0.3, -0.25) is 0 Å². The van der Waals surface area contributed by atoms with Gasteiger partial charge in [0, 0.05) is 19.5 Å². The summed E-state index contributed by atoms with van der Waals surface area (Å²) in [5.74, 6) is 0.0506. The van der Waals surface area contributed by atoms with Gasteiger partial charge in [-0.25, -0.2) is 4.79 Å². The summed E-state index contributed by atoms with van der Waals surface area (Å²) in [6, 6.07) is 26.1. The van der Waals surface area contributed by atoms with Gasteiger partial charge in [0.2, 0.25) is 0 Å². The van der Waals surface area contributed by atoms with Crippen LogP contribution in [0, 0.1) is 0 Å². The van der Waals surface area contributed by atoms with Gasteiger partial charge in [0.1, 0.15) is 6.61 Å². The highest BCUT2D eigenvalue weighted by molar-refractivity contribution is 5.79. The number of carbonyl (C=O) groups excluding carboxylic acids is 1. The molecule has 0 saturated heterocycles. The first-order chi connectivity index (χ1) is 14.1. The minimum Gasteiger partial charge on any atom is -0.448 e. The Labute approximate surface area is 171 Å². The molecule has 3 aromatic carbocycles. The highest BCUT2D eigenvalue weighted by Crippen LogP contribution is 2.44. The topological polar surface area (TPSA) is 49.8 Å². The van der Waals surface area contributed by atoms with Gasteiger partial charge in [-0.1, -0.05) is 78.9 Å². The first-order valence-electron chi connectivity index (χ1n) is 9.94. The zero-order valence-electron chi connectivity index (χ0n) is 16.5. The molecule has 1 atom stereocenters. The number of ether oxygens (including phenoxy) is 1. The van der Waals surface area contributed by atoms with Crippen molar-refractivity contribution in [1.82, 2.24) is 4.90 Å². The molecular weight excluding hydrogens is 362 g/mol. The monoisotopic (exact) mass is 387 g/mol. The highest BCUT2D eigenvalue weighted by Gasteiger charge is 2.29. The van der Waals surface area contributed by atoms with Crippen LogP contribution in [-0.4, -0.2) is 36.3 Å². The predicted molar refractivity (Wildman–Crippen MR) is 114 cm³/mol. The average Bonchev–Trinajstić information content (AvgIpc) is 3.10. The van der Waals surface area contributed by atoms with Gasteiger partial charge in [-0.2, -0.15) is 0 Å². The van der Waals surface area contributed by atoms with Crippen molar-refractivity contribution in [1.29, 1.82) is 0 Å². The minimum absolute atomic E-state index is 0.0506. The molecule has 1 N–H and O–H groups in total. The van der Waals surface area contributed by atoms with E-state index in [4.69, 9.17) is 4.74 Å². The minimum atomic E-state index is -0.597. The number of benzene rings is 3. The molecule has 0 bridgehead atoms. The van der Waals surface area contributed by atoms with Crippen molar-refractivity contribution < 1.29 is 14.6 Å². The van der Waals surface area contributed by atoms with Crippen molar-refractivity contribution in [2.24, 2.45) is 0 Å². The largest absolute Gasteiger partial charge is 0.448 e. The molecule has 0 aromatic heterocycles. The first kappa shape index (κ1) is 19.2. The van der Waals surface area contributed by atoms with Crippen LogP contribution in [0.5, 0.6) is 0 Å². The number of amides is 1. The molecule has 0 fully saturated rings. The number of hydrogen-bond donors (Lipinski definition) is 1. The van der Waals surface area contributed by atoms with Gasteiger partial charge < -0.3 is 14.7 Å². The molecule has 1 unspecified atom stereocenters. The van der Waals surface area contributed by atoms with Gasteiger partial charge >= 0.3 is 6.09 Å². The maximum atomic E-state index is 12.5. The molecule has 3 aromatic rings. The third-order valence-corrected chi connectivity index (χ3v) is 5.57. The van der Waals surface area contributed by atoms with Crippen molar-refractivity contribution >= 4 is 6.09 Å². The van der Waals surface area contributed by atoms with E-state index in [0.29, 0.717) is 19.6 Å². The molecule has 148 valence electrons. The Morgan fingerprint density at radius 2 is 1.48 bits per heavy atom. The maximum Gasteiger partial charge on any atom is 0.409 e. The van der Waals surface area contributed by atoms with Crippen molar-refractivity contribution in [2.45, 2.75) is 18.4 Å². The van der Waals surface area contributed by atoms with Crippen LogP contribution in [0.3, 0.4) is 0 Å². The van der Waals surface area contributed by atoms with E-state index < -0.39 is 6.10 Å². The number of fused-ring (bicyclic) bond motifs is 3. The third-order valence-electron chi connectivity index (χ3n) is 5.57. The summed E-state index contributed by atoms with van der Waals surface area (Å²) in [5.41, 5.74) is 5.67. The van der Waals surface area contributed by atoms with Crippen LogP contribution < -0.4 is 0 Å². The third kappa shape index (κ3) is 4.03. The van der Waals surface area contributed by atoms with Crippen LogP contribution in [0.15, 0.2) is 78.9 Å². The van der Waals surface area contributed by atoms with Crippen molar-refractivity contribution in [3.8, 4) is 11.1 Å². The number of carbonyl (C=O) groups is 1. The molecule has 4 nitrogen and oxygen atoms in total. The lowest BCUT2D eigenvalue weighted by atomic mass is 9.98. The van der Waals surface area contributed by atoms with Gasteiger partial charge in [-0.15, -0.1) is 0 Å². The van der Waals surface area contributed by atoms with Gasteiger partial charge in [0.25, 0.3) is 0 Å². The molecule has 0 radical (unpaired) electrons. The Morgan fingerprint density at radius 1 is 0.931 bits per heavy atom. The number of aliphatic hydroxyl groups excluding tert-OH is 1. The summed E-state index contributed by atoms with van der Waals surface area (Å²) in [6.45, 7) is 0.727. The summed E-state index contributed by atoms with van der Waals surface area (Å²) < 4.78 is 5.64. The van der Waals surface area contributed by atoms with Crippen LogP contribution in [0.1, 0.15) is 35.1 Å². The van der Waals surface area contributed by atoms with Crippen LogP contribution in [0.25, 0.3) is 11.1 Å². The zero-order valence-corrected chi connectivity index (χ0v) is 16.5. The first-order valence-corrected chi connectivity index (χ1v) is 9.94. The fraction of sp³-hybridized carbons (Fsp3) is 0.240. The molecule has 1 aliphatic rings. The van der Waals surface area contributed by atoms with E-state index in [1.54, 1.807) is 7.05 Å². The smallest absolute Gasteiger partial charge is 0.409 e. The van der Waals surface area contributed by atoms with E-state index in [1.807, 2.05) is 54.6 Å². The fourth-order valence-electron chi connectivity index (χ4n) is 3.95. The molecule has 4 heteroatoms. The van der Waals surface area contributed by atoms with Crippen molar-refractivity contribution in [3.05, 3.63) is 95.6 Å². The van der Waals surface area contributed by atoms with Gasteiger partial charge in [-0.05, 0) is 34.2 Å². The SMILES string of the molecule is CN(CCC(O)c1ccccc1)C(=O)OCC1c2ccccc2-c2ccccc21. The van der Waals surface area contributed by atoms with Crippen molar-refractivity contribution in [3.63, 3.8) is 0 Å². The van der Waals surface area contributed by atoms with E-state index in [-0.39, 0.29) is 12.0 Å². The van der Waals surface area contributed by atoms with E-state index in [2.05, 4.69) is 24.3 Å². The molecule has 29 heavy (non-hydrogen) atoms. The molecule has 1 aliphatic carbocycles. The number of hydrogen-bond acceptors (Lipinski definition) is 3. The van der Waals surface area contributed by atoms with Crippen molar-refractivity contribution in [2.75, 3.05) is 20.2 Å². The molecule has 0 aliphatic heterocycles. The second kappa shape index (κ2) is 8.50. The molecule has 0 spiro atoms. The summed E-state index contributed by atoms with van der Waals surface area (Å²) in [5, 5.41) is 10.3.